The number of carbonyl (C=O) groups is 1. The molecule has 0 atom stereocenters. The van der Waals surface area contributed by atoms with Crippen molar-refractivity contribution in [1.29, 1.82) is 5.41 Å². The summed E-state index contributed by atoms with van der Waals surface area (Å²) in [6.07, 6.45) is -12.5. The van der Waals surface area contributed by atoms with Crippen molar-refractivity contribution in [2.24, 2.45) is 0 Å². The van der Waals surface area contributed by atoms with Crippen molar-refractivity contribution in [2.45, 2.75) is 18.8 Å². The van der Waals surface area contributed by atoms with Crippen LogP contribution in [0.25, 0.3) is 0 Å². The topological polar surface area (TPSA) is 40.9 Å². The maximum Gasteiger partial charge on any atom is 0.456 e. The van der Waals surface area contributed by atoms with E-state index in [4.69, 9.17) is 5.41 Å². The lowest BCUT2D eigenvalue weighted by molar-refractivity contribution is -0.164. The number of hydrogen-bond donors (Lipinski definition) is 1. The van der Waals surface area contributed by atoms with Crippen LogP contribution in [-0.4, -0.2) is 23.8 Å². The first-order valence-electron chi connectivity index (χ1n) is 2.80. The Hall–Kier alpha value is -1.08. The van der Waals surface area contributed by atoms with Gasteiger partial charge in [-0.1, -0.05) is 0 Å². The quantitative estimate of drug-likeness (QED) is 0.546. The van der Waals surface area contributed by atoms with Gasteiger partial charge in [-0.05, 0) is 0 Å². The number of rotatable bonds is 2. The molecule has 0 saturated heterocycles. The highest BCUT2D eigenvalue weighted by atomic mass is 19.4. The lowest BCUT2D eigenvalue weighted by Gasteiger charge is -2.08. The molecule has 0 fully saturated rings. The molecule has 0 amide bonds. The lowest BCUT2D eigenvalue weighted by Crippen LogP contribution is -2.33. The van der Waals surface area contributed by atoms with Gasteiger partial charge in [0.15, 0.2) is 0 Å². The van der Waals surface area contributed by atoms with E-state index in [0.717, 1.165) is 0 Å². The minimum Gasteiger partial charge on any atom is -0.301 e. The predicted octanol–water partition coefficient (Wildman–Crippen LogP) is 2.09. The molecule has 0 unspecified atom stereocenters. The Morgan fingerprint density at radius 1 is 1.08 bits per heavy atom. The zero-order valence-electron chi connectivity index (χ0n) is 5.88. The van der Waals surface area contributed by atoms with E-state index in [1.165, 1.54) is 0 Å². The summed E-state index contributed by atoms with van der Waals surface area (Å²) >= 11 is 0. The van der Waals surface area contributed by atoms with E-state index >= 15 is 0 Å². The first-order chi connectivity index (χ1) is 5.54. The van der Waals surface area contributed by atoms with Crippen LogP contribution in [0.1, 0.15) is 6.42 Å². The summed E-state index contributed by atoms with van der Waals surface area (Å²) in [6, 6.07) is 0. The number of Topliss-reactive ketones (excluding diaryl/α,β-unsaturated/α-hetero) is 1. The van der Waals surface area contributed by atoms with Crippen LogP contribution in [0.4, 0.5) is 26.3 Å². The predicted molar refractivity (Wildman–Crippen MR) is 29.5 cm³/mol. The van der Waals surface area contributed by atoms with E-state index < -0.39 is 30.3 Å². The monoisotopic (exact) mass is 207 g/mol. The molecule has 0 radical (unpaired) electrons. The van der Waals surface area contributed by atoms with Crippen molar-refractivity contribution in [2.75, 3.05) is 0 Å². The Labute approximate surface area is 68.0 Å². The Balaban J connectivity index is 4.40. The van der Waals surface area contributed by atoms with Crippen LogP contribution in [0.3, 0.4) is 0 Å². The summed E-state index contributed by atoms with van der Waals surface area (Å²) in [5, 5.41) is 6.22. The molecule has 0 aliphatic carbocycles. The highest BCUT2D eigenvalue weighted by molar-refractivity contribution is 6.40. The summed E-state index contributed by atoms with van der Waals surface area (Å²) < 4.78 is 68.4. The number of halogens is 6. The van der Waals surface area contributed by atoms with E-state index in [0.29, 0.717) is 0 Å². The van der Waals surface area contributed by atoms with Crippen LogP contribution in [0.5, 0.6) is 0 Å². The second kappa shape index (κ2) is 3.35. The molecule has 0 aliphatic heterocycles. The number of ketones is 1. The first-order valence-corrected chi connectivity index (χ1v) is 2.80. The highest BCUT2D eigenvalue weighted by Crippen LogP contribution is 2.23. The number of nitrogens with one attached hydrogen (secondary N) is 1. The van der Waals surface area contributed by atoms with Crippen LogP contribution in [0.2, 0.25) is 0 Å². The molecule has 2 nitrogen and oxygen atoms in total. The van der Waals surface area contributed by atoms with Crippen LogP contribution < -0.4 is 0 Å². The molecule has 13 heavy (non-hydrogen) atoms. The maximum absolute atomic E-state index is 11.4. The Bertz CT molecular complexity index is 226. The van der Waals surface area contributed by atoms with Gasteiger partial charge in [-0.25, -0.2) is 0 Å². The lowest BCUT2D eigenvalue weighted by atomic mass is 10.2. The van der Waals surface area contributed by atoms with Gasteiger partial charge in [-0.2, -0.15) is 26.3 Å². The molecule has 0 aromatic rings. The van der Waals surface area contributed by atoms with Crippen molar-refractivity contribution in [3.63, 3.8) is 0 Å². The Morgan fingerprint density at radius 3 is 1.69 bits per heavy atom. The molecule has 76 valence electrons. The molecule has 0 aromatic carbocycles. The van der Waals surface area contributed by atoms with Crippen LogP contribution in [-0.2, 0) is 4.79 Å². The highest BCUT2D eigenvalue weighted by Gasteiger charge is 2.44. The number of hydrogen-bond acceptors (Lipinski definition) is 2. The third-order valence-electron chi connectivity index (χ3n) is 0.909. The molecular formula is C5H3F6NO. The minimum atomic E-state index is -5.41. The Morgan fingerprint density at radius 2 is 1.46 bits per heavy atom. The zero-order chi connectivity index (χ0) is 10.9. The van der Waals surface area contributed by atoms with E-state index in [9.17, 15) is 31.1 Å². The van der Waals surface area contributed by atoms with Gasteiger partial charge in [0.25, 0.3) is 5.78 Å². The van der Waals surface area contributed by atoms with Crippen LogP contribution in [0, 0.1) is 5.41 Å². The van der Waals surface area contributed by atoms with Crippen molar-refractivity contribution in [1.82, 2.24) is 0 Å². The molecule has 0 saturated carbocycles. The van der Waals surface area contributed by atoms with E-state index in [-0.39, 0.29) is 0 Å². The second-order valence-electron chi connectivity index (χ2n) is 2.10. The fraction of sp³-hybridized carbons (Fsp3) is 0.600. The standard InChI is InChI=1S/C5H3F6NO/c6-4(7,8)1-2(12)3(13)5(9,10)11/h12H,1H2. The molecule has 1 N–H and O–H groups in total. The molecule has 0 aromatic heterocycles. The normalized spacial score (nSPS) is 12.8. The van der Waals surface area contributed by atoms with Gasteiger partial charge in [0.1, 0.15) is 0 Å². The van der Waals surface area contributed by atoms with Gasteiger partial charge in [0.2, 0.25) is 0 Å². The second-order valence-corrected chi connectivity index (χ2v) is 2.10. The molecular weight excluding hydrogens is 204 g/mol. The van der Waals surface area contributed by atoms with Crippen molar-refractivity contribution in [3.05, 3.63) is 0 Å². The molecule has 0 aliphatic rings. The van der Waals surface area contributed by atoms with E-state index in [1.54, 1.807) is 0 Å². The minimum absolute atomic E-state index is 2.00. The molecule has 8 heteroatoms. The summed E-state index contributed by atoms with van der Waals surface area (Å²) in [6.45, 7) is 0. The zero-order valence-corrected chi connectivity index (χ0v) is 5.88. The summed E-state index contributed by atoms with van der Waals surface area (Å²) in [4.78, 5) is 9.99. The van der Waals surface area contributed by atoms with Gasteiger partial charge >= 0.3 is 12.4 Å². The van der Waals surface area contributed by atoms with Crippen molar-refractivity contribution < 1.29 is 31.1 Å². The molecule has 0 bridgehead atoms. The number of carbonyl (C=O) groups excluding carboxylic acids is 1. The average molecular weight is 207 g/mol. The third-order valence-corrected chi connectivity index (χ3v) is 0.909. The van der Waals surface area contributed by atoms with Crippen LogP contribution >= 0.6 is 0 Å². The van der Waals surface area contributed by atoms with Gasteiger partial charge < -0.3 is 5.41 Å². The summed E-state index contributed by atoms with van der Waals surface area (Å²) in [7, 11) is 0. The van der Waals surface area contributed by atoms with Gasteiger partial charge in [-0.15, -0.1) is 0 Å². The number of alkyl halides is 6. The maximum atomic E-state index is 11.4. The van der Waals surface area contributed by atoms with Gasteiger partial charge in [0, 0.05) is 0 Å². The van der Waals surface area contributed by atoms with E-state index in [1.807, 2.05) is 0 Å². The fourth-order valence-electron chi connectivity index (χ4n) is 0.452. The third kappa shape index (κ3) is 4.48. The molecule has 0 rings (SSSR count). The van der Waals surface area contributed by atoms with E-state index in [2.05, 4.69) is 0 Å². The Kier molecular flexibility index (Phi) is 3.07. The fourth-order valence-corrected chi connectivity index (χ4v) is 0.452. The van der Waals surface area contributed by atoms with Crippen LogP contribution in [0.15, 0.2) is 0 Å². The smallest absolute Gasteiger partial charge is 0.301 e. The largest absolute Gasteiger partial charge is 0.456 e. The average Bonchev–Trinajstić information content (AvgIpc) is 1.79. The first kappa shape index (κ1) is 11.9. The van der Waals surface area contributed by atoms with Gasteiger partial charge in [-0.3, -0.25) is 4.79 Å². The molecule has 0 spiro atoms. The SMILES string of the molecule is N=C(CC(F)(F)F)C(=O)C(F)(F)F. The van der Waals surface area contributed by atoms with Crippen molar-refractivity contribution in [3.8, 4) is 0 Å². The molecule has 0 heterocycles. The van der Waals surface area contributed by atoms with Gasteiger partial charge in [0.05, 0.1) is 12.1 Å². The summed E-state index contributed by atoms with van der Waals surface area (Å²) in [5.41, 5.74) is -2.00. The van der Waals surface area contributed by atoms with Crippen molar-refractivity contribution >= 4 is 11.5 Å². The summed E-state index contributed by atoms with van der Waals surface area (Å²) in [5.74, 6) is -2.76.